The lowest BCUT2D eigenvalue weighted by Crippen LogP contribution is -2.06. The average Bonchev–Trinajstić information content (AvgIpc) is 1.97. The van der Waals surface area contributed by atoms with Gasteiger partial charge < -0.3 is 9.53 Å². The maximum absolute atomic E-state index is 10.5. The van der Waals surface area contributed by atoms with Gasteiger partial charge in [0.15, 0.2) is 0 Å². The molecule has 0 fully saturated rings. The van der Waals surface area contributed by atoms with Crippen molar-refractivity contribution in [3.8, 4) is 0 Å². The number of hydrogen-bond acceptors (Lipinski definition) is 3. The van der Waals surface area contributed by atoms with Crippen molar-refractivity contribution in [1.82, 2.24) is 0 Å². The molecule has 3 nitrogen and oxygen atoms in total. The maximum atomic E-state index is 10.5. The molecule has 4 heteroatoms. The number of halogens is 1. The van der Waals surface area contributed by atoms with Crippen LogP contribution in [-0.2, 0) is 14.3 Å². The molecule has 0 rings (SSSR count). The number of esters is 1. The minimum atomic E-state index is -0.368. The fraction of sp³-hybridized carbons (Fsp3) is 0.667. The van der Waals surface area contributed by atoms with Crippen molar-refractivity contribution in [2.45, 2.75) is 12.8 Å². The lowest BCUT2D eigenvalue weighted by Gasteiger charge is -1.98. The van der Waals surface area contributed by atoms with Crippen molar-refractivity contribution in [3.05, 3.63) is 0 Å². The van der Waals surface area contributed by atoms with E-state index in [1.807, 2.05) is 0 Å². The first-order valence-electron chi connectivity index (χ1n) is 2.96. The van der Waals surface area contributed by atoms with Crippen LogP contribution in [0, 0.1) is 0 Å². The highest BCUT2D eigenvalue weighted by Gasteiger charge is 1.99. The first-order chi connectivity index (χ1) is 4.81. The van der Waals surface area contributed by atoms with Gasteiger partial charge in [-0.25, -0.2) is 0 Å². The molecule has 0 radical (unpaired) electrons. The van der Waals surface area contributed by atoms with Crippen LogP contribution < -0.4 is 0 Å². The predicted molar refractivity (Wildman–Crippen MR) is 37.0 cm³/mol. The summed E-state index contributed by atoms with van der Waals surface area (Å²) in [7, 11) is 0. The standard InChI is InChI=1S/C6H9ClO3/c7-3-5-10-6(9)2-1-4-8/h4H,1-3,5H2. The highest BCUT2D eigenvalue weighted by Crippen LogP contribution is 1.89. The summed E-state index contributed by atoms with van der Waals surface area (Å²) in [6, 6.07) is 0. The fourth-order valence-electron chi connectivity index (χ4n) is 0.401. The van der Waals surface area contributed by atoms with E-state index < -0.39 is 0 Å². The van der Waals surface area contributed by atoms with Gasteiger partial charge in [-0.15, -0.1) is 11.6 Å². The van der Waals surface area contributed by atoms with Gasteiger partial charge in [0, 0.05) is 6.42 Å². The zero-order valence-electron chi connectivity index (χ0n) is 5.51. The van der Waals surface area contributed by atoms with Crippen molar-refractivity contribution in [2.24, 2.45) is 0 Å². The third kappa shape index (κ3) is 5.56. The molecular formula is C6H9ClO3. The van der Waals surface area contributed by atoms with E-state index in [9.17, 15) is 9.59 Å². The Kier molecular flexibility index (Phi) is 6.18. The Balaban J connectivity index is 3.16. The van der Waals surface area contributed by atoms with Crippen LogP contribution in [0.5, 0.6) is 0 Å². The van der Waals surface area contributed by atoms with Gasteiger partial charge in [-0.3, -0.25) is 4.79 Å². The molecule has 0 atom stereocenters. The van der Waals surface area contributed by atoms with Crippen molar-refractivity contribution in [3.63, 3.8) is 0 Å². The number of alkyl halides is 1. The fourth-order valence-corrected chi connectivity index (χ4v) is 0.479. The Hall–Kier alpha value is -0.570. The first kappa shape index (κ1) is 9.43. The van der Waals surface area contributed by atoms with Crippen LogP contribution >= 0.6 is 11.6 Å². The van der Waals surface area contributed by atoms with Crippen LogP contribution in [0.1, 0.15) is 12.8 Å². The first-order valence-corrected chi connectivity index (χ1v) is 3.50. The van der Waals surface area contributed by atoms with Crippen molar-refractivity contribution < 1.29 is 14.3 Å². The summed E-state index contributed by atoms with van der Waals surface area (Å²) in [6.07, 6.45) is 1.06. The number of carbonyl (C=O) groups excluding carboxylic acids is 2. The Labute approximate surface area is 64.3 Å². The number of ether oxygens (including phenoxy) is 1. The molecular weight excluding hydrogens is 156 g/mol. The molecule has 0 aromatic heterocycles. The Morgan fingerprint density at radius 1 is 1.60 bits per heavy atom. The molecule has 0 aliphatic rings. The van der Waals surface area contributed by atoms with Crippen LogP contribution in [0.4, 0.5) is 0 Å². The lowest BCUT2D eigenvalue weighted by atomic mass is 10.3. The van der Waals surface area contributed by atoms with Crippen LogP contribution in [0.15, 0.2) is 0 Å². The van der Waals surface area contributed by atoms with E-state index in [-0.39, 0.29) is 25.4 Å². The number of hydrogen-bond donors (Lipinski definition) is 0. The molecule has 0 amide bonds. The number of carbonyl (C=O) groups is 2. The van der Waals surface area contributed by atoms with Crippen molar-refractivity contribution >= 4 is 23.9 Å². The minimum absolute atomic E-state index is 0.153. The lowest BCUT2D eigenvalue weighted by molar-refractivity contribution is -0.143. The van der Waals surface area contributed by atoms with Gasteiger partial charge in [-0.05, 0) is 0 Å². The minimum Gasteiger partial charge on any atom is -0.464 e. The summed E-state index contributed by atoms with van der Waals surface area (Å²) in [5.41, 5.74) is 0. The second-order valence-corrected chi connectivity index (χ2v) is 1.99. The van der Waals surface area contributed by atoms with Crippen molar-refractivity contribution in [2.75, 3.05) is 12.5 Å². The van der Waals surface area contributed by atoms with E-state index in [0.29, 0.717) is 12.2 Å². The Morgan fingerprint density at radius 2 is 2.30 bits per heavy atom. The highest BCUT2D eigenvalue weighted by molar-refractivity contribution is 6.18. The molecule has 0 saturated heterocycles. The molecule has 58 valence electrons. The summed E-state index contributed by atoms with van der Waals surface area (Å²) in [4.78, 5) is 20.3. The van der Waals surface area contributed by atoms with E-state index in [4.69, 9.17) is 11.6 Å². The molecule has 0 aromatic rings. The molecule has 0 aromatic carbocycles. The third-order valence-corrected chi connectivity index (χ3v) is 0.961. The van der Waals surface area contributed by atoms with Crippen LogP contribution in [0.25, 0.3) is 0 Å². The molecule has 10 heavy (non-hydrogen) atoms. The van der Waals surface area contributed by atoms with E-state index in [1.165, 1.54) is 0 Å². The molecule has 0 saturated carbocycles. The van der Waals surface area contributed by atoms with E-state index in [0.717, 1.165) is 0 Å². The van der Waals surface area contributed by atoms with Gasteiger partial charge >= 0.3 is 5.97 Å². The Bertz CT molecular complexity index is 114. The smallest absolute Gasteiger partial charge is 0.306 e. The van der Waals surface area contributed by atoms with Gasteiger partial charge in [0.1, 0.15) is 12.9 Å². The second kappa shape index (κ2) is 6.55. The van der Waals surface area contributed by atoms with Gasteiger partial charge in [0.2, 0.25) is 0 Å². The second-order valence-electron chi connectivity index (χ2n) is 1.61. The maximum Gasteiger partial charge on any atom is 0.306 e. The monoisotopic (exact) mass is 164 g/mol. The molecule has 0 bridgehead atoms. The highest BCUT2D eigenvalue weighted by atomic mass is 35.5. The van der Waals surface area contributed by atoms with Crippen LogP contribution in [0.3, 0.4) is 0 Å². The van der Waals surface area contributed by atoms with Crippen LogP contribution in [0.2, 0.25) is 0 Å². The summed E-state index contributed by atoms with van der Waals surface area (Å²) in [5, 5.41) is 0. The molecule has 0 spiro atoms. The molecule has 0 unspecified atom stereocenters. The van der Waals surface area contributed by atoms with Gasteiger partial charge in [-0.2, -0.15) is 0 Å². The summed E-state index contributed by atoms with van der Waals surface area (Å²) in [6.45, 7) is 0.221. The summed E-state index contributed by atoms with van der Waals surface area (Å²) < 4.78 is 4.56. The molecule has 0 N–H and O–H groups in total. The third-order valence-electron chi connectivity index (χ3n) is 0.807. The normalized spacial score (nSPS) is 8.90. The summed E-state index contributed by atoms with van der Waals surface area (Å²) >= 11 is 5.23. The molecule has 0 heterocycles. The van der Waals surface area contributed by atoms with Gasteiger partial charge in [0.25, 0.3) is 0 Å². The zero-order valence-corrected chi connectivity index (χ0v) is 6.26. The van der Waals surface area contributed by atoms with E-state index >= 15 is 0 Å². The molecule has 0 aliphatic carbocycles. The van der Waals surface area contributed by atoms with Gasteiger partial charge in [0.05, 0.1) is 12.3 Å². The van der Waals surface area contributed by atoms with E-state index in [1.54, 1.807) is 0 Å². The molecule has 0 aliphatic heterocycles. The SMILES string of the molecule is O=CCCC(=O)OCCCl. The zero-order chi connectivity index (χ0) is 7.82. The Morgan fingerprint density at radius 3 is 2.80 bits per heavy atom. The van der Waals surface area contributed by atoms with Crippen LogP contribution in [-0.4, -0.2) is 24.7 Å². The number of aldehydes is 1. The quantitative estimate of drug-likeness (QED) is 0.342. The average molecular weight is 165 g/mol. The largest absolute Gasteiger partial charge is 0.464 e. The van der Waals surface area contributed by atoms with Crippen molar-refractivity contribution in [1.29, 1.82) is 0 Å². The van der Waals surface area contributed by atoms with E-state index in [2.05, 4.69) is 4.74 Å². The summed E-state index contributed by atoms with van der Waals surface area (Å²) in [5.74, 6) is -0.0694. The predicted octanol–water partition coefficient (Wildman–Crippen LogP) is 0.748. The number of rotatable bonds is 5. The van der Waals surface area contributed by atoms with Gasteiger partial charge in [-0.1, -0.05) is 0 Å². The topological polar surface area (TPSA) is 43.4 Å².